The average molecular weight is 340 g/mol. The molecule has 1 saturated heterocycles. The van der Waals surface area contributed by atoms with Crippen LogP contribution in [0.5, 0.6) is 11.5 Å². The van der Waals surface area contributed by atoms with Gasteiger partial charge in [0.05, 0.1) is 14.2 Å². The molecular formula is C21H28N2O2. The first-order valence-corrected chi connectivity index (χ1v) is 9.03. The first-order valence-electron chi connectivity index (χ1n) is 9.03. The van der Waals surface area contributed by atoms with Crippen molar-refractivity contribution in [1.29, 1.82) is 0 Å². The molecule has 1 aliphatic heterocycles. The number of methoxy groups -OCH3 is 2. The first kappa shape index (κ1) is 17.6. The van der Waals surface area contributed by atoms with E-state index < -0.39 is 0 Å². The number of rotatable bonds is 7. The van der Waals surface area contributed by atoms with Gasteiger partial charge in [-0.2, -0.15) is 0 Å². The Morgan fingerprint density at radius 2 is 1.32 bits per heavy atom. The molecule has 0 aliphatic carbocycles. The lowest BCUT2D eigenvalue weighted by Crippen LogP contribution is -2.46. The zero-order valence-electron chi connectivity index (χ0n) is 15.3. The zero-order valence-corrected chi connectivity index (χ0v) is 15.3. The maximum Gasteiger partial charge on any atom is 0.119 e. The van der Waals surface area contributed by atoms with Gasteiger partial charge < -0.3 is 14.4 Å². The highest BCUT2D eigenvalue weighted by molar-refractivity contribution is 5.49. The number of piperazine rings is 1. The van der Waals surface area contributed by atoms with Crippen LogP contribution in [0.25, 0.3) is 0 Å². The summed E-state index contributed by atoms with van der Waals surface area (Å²) in [6.45, 7) is 5.62. The minimum Gasteiger partial charge on any atom is -0.497 e. The summed E-state index contributed by atoms with van der Waals surface area (Å²) in [5.74, 6) is 1.85. The van der Waals surface area contributed by atoms with Crippen LogP contribution in [0.1, 0.15) is 12.0 Å². The predicted molar refractivity (Wildman–Crippen MR) is 103 cm³/mol. The fraction of sp³-hybridized carbons (Fsp3) is 0.429. The van der Waals surface area contributed by atoms with Crippen molar-refractivity contribution < 1.29 is 9.47 Å². The maximum atomic E-state index is 5.23. The normalized spacial score (nSPS) is 15.2. The summed E-state index contributed by atoms with van der Waals surface area (Å²) in [7, 11) is 3.42. The number of anilines is 1. The van der Waals surface area contributed by atoms with E-state index >= 15 is 0 Å². The molecule has 0 saturated carbocycles. The summed E-state index contributed by atoms with van der Waals surface area (Å²) in [6, 6.07) is 16.8. The quantitative estimate of drug-likeness (QED) is 0.771. The number of ether oxygens (including phenoxy) is 2. The van der Waals surface area contributed by atoms with E-state index in [9.17, 15) is 0 Å². The Kier molecular flexibility index (Phi) is 6.18. The highest BCUT2D eigenvalue weighted by Gasteiger charge is 2.16. The van der Waals surface area contributed by atoms with Crippen molar-refractivity contribution >= 4 is 5.69 Å². The molecule has 0 N–H and O–H groups in total. The highest BCUT2D eigenvalue weighted by Crippen LogP contribution is 2.20. The molecule has 2 aromatic rings. The van der Waals surface area contributed by atoms with Gasteiger partial charge in [0.25, 0.3) is 0 Å². The minimum absolute atomic E-state index is 0.918. The summed E-state index contributed by atoms with van der Waals surface area (Å²) in [4.78, 5) is 5.03. The molecule has 4 nitrogen and oxygen atoms in total. The molecule has 3 rings (SSSR count). The van der Waals surface area contributed by atoms with Crippen LogP contribution in [0, 0.1) is 0 Å². The van der Waals surface area contributed by atoms with Gasteiger partial charge in [-0.25, -0.2) is 0 Å². The fourth-order valence-electron chi connectivity index (χ4n) is 3.32. The van der Waals surface area contributed by atoms with Crippen LogP contribution < -0.4 is 14.4 Å². The van der Waals surface area contributed by atoms with E-state index in [-0.39, 0.29) is 0 Å². The standard InChI is InChI=1S/C21H28N2O2/c1-24-20-9-5-18(6-10-20)4-3-13-22-14-16-23(17-15-22)19-7-11-21(25-2)12-8-19/h5-12H,3-4,13-17H2,1-2H3. The summed E-state index contributed by atoms with van der Waals surface area (Å²) in [5.41, 5.74) is 2.68. The lowest BCUT2D eigenvalue weighted by Gasteiger charge is -2.36. The van der Waals surface area contributed by atoms with Gasteiger partial charge in [0, 0.05) is 31.9 Å². The Balaban J connectivity index is 1.39. The molecule has 0 spiro atoms. The van der Waals surface area contributed by atoms with Crippen LogP contribution in [0.2, 0.25) is 0 Å². The number of aryl methyl sites for hydroxylation is 1. The molecule has 1 heterocycles. The van der Waals surface area contributed by atoms with Crippen LogP contribution in [0.4, 0.5) is 5.69 Å². The van der Waals surface area contributed by atoms with Gasteiger partial charge in [0.1, 0.15) is 11.5 Å². The lowest BCUT2D eigenvalue weighted by atomic mass is 10.1. The maximum absolute atomic E-state index is 5.23. The van der Waals surface area contributed by atoms with Gasteiger partial charge in [-0.15, -0.1) is 0 Å². The predicted octanol–water partition coefficient (Wildman–Crippen LogP) is 3.46. The molecule has 134 valence electrons. The Morgan fingerprint density at radius 1 is 0.760 bits per heavy atom. The largest absolute Gasteiger partial charge is 0.497 e. The second-order valence-corrected chi connectivity index (χ2v) is 6.48. The molecule has 0 bridgehead atoms. The molecule has 0 unspecified atom stereocenters. The van der Waals surface area contributed by atoms with Crippen molar-refractivity contribution in [3.05, 3.63) is 54.1 Å². The van der Waals surface area contributed by atoms with Crippen molar-refractivity contribution in [3.8, 4) is 11.5 Å². The molecule has 2 aromatic carbocycles. The van der Waals surface area contributed by atoms with Gasteiger partial charge >= 0.3 is 0 Å². The van der Waals surface area contributed by atoms with Gasteiger partial charge in [0.2, 0.25) is 0 Å². The monoisotopic (exact) mass is 340 g/mol. The van der Waals surface area contributed by atoms with Crippen molar-refractivity contribution in [3.63, 3.8) is 0 Å². The van der Waals surface area contributed by atoms with Gasteiger partial charge in [-0.1, -0.05) is 12.1 Å². The van der Waals surface area contributed by atoms with Gasteiger partial charge in [-0.3, -0.25) is 4.90 Å². The SMILES string of the molecule is COc1ccc(CCCN2CCN(c3ccc(OC)cc3)CC2)cc1. The van der Waals surface area contributed by atoms with Crippen LogP contribution in [-0.4, -0.2) is 51.8 Å². The molecule has 1 aliphatic rings. The second-order valence-electron chi connectivity index (χ2n) is 6.48. The number of benzene rings is 2. The van der Waals surface area contributed by atoms with Gasteiger partial charge in [0.15, 0.2) is 0 Å². The summed E-state index contributed by atoms with van der Waals surface area (Å²) >= 11 is 0. The minimum atomic E-state index is 0.918. The van der Waals surface area contributed by atoms with Crippen molar-refractivity contribution in [2.75, 3.05) is 51.8 Å². The van der Waals surface area contributed by atoms with Crippen molar-refractivity contribution in [2.24, 2.45) is 0 Å². The van der Waals surface area contributed by atoms with Crippen LogP contribution in [0.3, 0.4) is 0 Å². The smallest absolute Gasteiger partial charge is 0.119 e. The highest BCUT2D eigenvalue weighted by atomic mass is 16.5. The molecule has 0 aromatic heterocycles. The summed E-state index contributed by atoms with van der Waals surface area (Å²) in [6.07, 6.45) is 2.33. The van der Waals surface area contributed by atoms with E-state index in [1.807, 2.05) is 24.3 Å². The third kappa shape index (κ3) is 4.89. The summed E-state index contributed by atoms with van der Waals surface area (Å²) in [5, 5.41) is 0. The van der Waals surface area contributed by atoms with Crippen LogP contribution in [-0.2, 0) is 6.42 Å². The van der Waals surface area contributed by atoms with E-state index in [0.29, 0.717) is 0 Å². The second kappa shape index (κ2) is 8.77. The molecule has 25 heavy (non-hydrogen) atoms. The topological polar surface area (TPSA) is 24.9 Å². The molecule has 4 heteroatoms. The Labute approximate surface area is 151 Å². The molecule has 0 amide bonds. The number of hydrogen-bond acceptors (Lipinski definition) is 4. The Bertz CT molecular complexity index is 629. The molecule has 0 atom stereocenters. The van der Waals surface area contributed by atoms with Crippen molar-refractivity contribution in [2.45, 2.75) is 12.8 Å². The summed E-state index contributed by atoms with van der Waals surface area (Å²) < 4.78 is 10.4. The van der Waals surface area contributed by atoms with E-state index in [4.69, 9.17) is 9.47 Å². The fourth-order valence-corrected chi connectivity index (χ4v) is 3.32. The van der Waals surface area contributed by atoms with E-state index in [0.717, 1.165) is 44.1 Å². The third-order valence-corrected chi connectivity index (χ3v) is 4.91. The molecular weight excluding hydrogens is 312 g/mol. The molecule has 0 radical (unpaired) electrons. The van der Waals surface area contributed by atoms with E-state index in [1.54, 1.807) is 14.2 Å². The van der Waals surface area contributed by atoms with E-state index in [2.05, 4.69) is 34.1 Å². The van der Waals surface area contributed by atoms with Crippen LogP contribution in [0.15, 0.2) is 48.5 Å². The lowest BCUT2D eigenvalue weighted by molar-refractivity contribution is 0.255. The van der Waals surface area contributed by atoms with Crippen molar-refractivity contribution in [1.82, 2.24) is 4.90 Å². The first-order chi connectivity index (χ1) is 12.3. The third-order valence-electron chi connectivity index (χ3n) is 4.91. The van der Waals surface area contributed by atoms with Crippen LogP contribution >= 0.6 is 0 Å². The van der Waals surface area contributed by atoms with Gasteiger partial charge in [-0.05, 0) is 61.3 Å². The number of nitrogens with zero attached hydrogens (tertiary/aromatic N) is 2. The number of hydrogen-bond donors (Lipinski definition) is 0. The zero-order chi connectivity index (χ0) is 17.5. The Morgan fingerprint density at radius 3 is 1.88 bits per heavy atom. The average Bonchev–Trinajstić information content (AvgIpc) is 2.69. The van der Waals surface area contributed by atoms with E-state index in [1.165, 1.54) is 24.2 Å². The molecule has 1 fully saturated rings. The Hall–Kier alpha value is -2.20.